The molecule has 0 fully saturated rings. The van der Waals surface area contributed by atoms with Gasteiger partial charge in [-0.2, -0.15) is 8.78 Å². The van der Waals surface area contributed by atoms with Gasteiger partial charge in [0.1, 0.15) is 5.75 Å². The van der Waals surface area contributed by atoms with Gasteiger partial charge in [-0.25, -0.2) is 4.79 Å². The van der Waals surface area contributed by atoms with E-state index in [-0.39, 0.29) is 28.4 Å². The summed E-state index contributed by atoms with van der Waals surface area (Å²) in [6.07, 6.45) is 0. The molecule has 2 aromatic rings. The van der Waals surface area contributed by atoms with Crippen LogP contribution in [0, 0.1) is 10.1 Å². The number of carbonyl (C=O) groups excluding carboxylic acids is 2. The van der Waals surface area contributed by atoms with Gasteiger partial charge in [0.25, 0.3) is 11.6 Å². The molecule has 3 rings (SSSR count). The van der Waals surface area contributed by atoms with Gasteiger partial charge in [-0.1, -0.05) is 18.2 Å². The Morgan fingerprint density at radius 2 is 1.93 bits per heavy atom. The summed E-state index contributed by atoms with van der Waals surface area (Å²) in [5.74, 6) is -0.671. The van der Waals surface area contributed by atoms with Crippen LogP contribution in [-0.4, -0.2) is 23.5 Å². The maximum atomic E-state index is 12.9. The van der Waals surface area contributed by atoms with Gasteiger partial charge < -0.3 is 20.7 Å². The predicted octanol–water partition coefficient (Wildman–Crippen LogP) is 3.46. The topological polar surface area (TPSA) is 123 Å². The number of benzene rings is 2. The molecule has 0 aromatic heterocycles. The summed E-state index contributed by atoms with van der Waals surface area (Å²) in [4.78, 5) is 35.2. The van der Waals surface area contributed by atoms with E-state index in [0.29, 0.717) is 5.56 Å². The Bertz CT molecular complexity index is 1020. The fourth-order valence-corrected chi connectivity index (χ4v) is 2.98. The maximum Gasteiger partial charge on any atom is 0.387 e. The molecule has 0 saturated carbocycles. The summed E-state index contributed by atoms with van der Waals surface area (Å²) in [7, 11) is 0. The molecular weight excluding hydrogens is 402 g/mol. The number of nitrogens with zero attached hydrogens (tertiary/aromatic N) is 1. The molecule has 1 atom stereocenters. The Kier molecular flexibility index (Phi) is 5.90. The SMILES string of the molecule is CC1=C(C(=O)Nc2cccc([N+](=O)[O-])c2)[C@H](c2ccc(OC(F)F)cc2)NC(=O)N1. The third-order valence-electron chi connectivity index (χ3n) is 4.27. The Labute approximate surface area is 168 Å². The fourth-order valence-electron chi connectivity index (χ4n) is 2.98. The highest BCUT2D eigenvalue weighted by atomic mass is 19.3. The third-order valence-corrected chi connectivity index (χ3v) is 4.27. The minimum Gasteiger partial charge on any atom is -0.435 e. The van der Waals surface area contributed by atoms with E-state index in [9.17, 15) is 28.5 Å². The molecule has 1 aliphatic heterocycles. The van der Waals surface area contributed by atoms with Crippen LogP contribution >= 0.6 is 0 Å². The summed E-state index contributed by atoms with van der Waals surface area (Å²) in [6.45, 7) is -1.45. The van der Waals surface area contributed by atoms with Crippen LogP contribution in [0.1, 0.15) is 18.5 Å². The molecular formula is C19H16F2N4O5. The molecule has 1 heterocycles. The van der Waals surface area contributed by atoms with E-state index in [4.69, 9.17) is 0 Å². The number of rotatable bonds is 6. The number of ether oxygens (including phenoxy) is 1. The zero-order valence-corrected chi connectivity index (χ0v) is 15.5. The van der Waals surface area contributed by atoms with E-state index in [0.717, 1.165) is 0 Å². The molecule has 0 aliphatic carbocycles. The number of hydrogen-bond acceptors (Lipinski definition) is 5. The van der Waals surface area contributed by atoms with Crippen LogP contribution in [0.2, 0.25) is 0 Å². The number of hydrogen-bond donors (Lipinski definition) is 3. The lowest BCUT2D eigenvalue weighted by Gasteiger charge is -2.28. The molecule has 156 valence electrons. The second kappa shape index (κ2) is 8.55. The third kappa shape index (κ3) is 4.69. The van der Waals surface area contributed by atoms with Crippen molar-refractivity contribution in [2.24, 2.45) is 0 Å². The fraction of sp³-hybridized carbons (Fsp3) is 0.158. The average molecular weight is 418 g/mol. The van der Waals surface area contributed by atoms with Crippen LogP contribution in [0.5, 0.6) is 5.75 Å². The van der Waals surface area contributed by atoms with E-state index >= 15 is 0 Å². The van der Waals surface area contributed by atoms with Gasteiger partial charge in [-0.05, 0) is 30.7 Å². The highest BCUT2D eigenvalue weighted by Crippen LogP contribution is 2.29. The van der Waals surface area contributed by atoms with Gasteiger partial charge in [0.15, 0.2) is 0 Å². The van der Waals surface area contributed by atoms with Gasteiger partial charge in [0, 0.05) is 23.5 Å². The number of nitro groups is 1. The van der Waals surface area contributed by atoms with Crippen LogP contribution in [0.4, 0.5) is 25.0 Å². The molecule has 30 heavy (non-hydrogen) atoms. The Hall–Kier alpha value is -4.02. The number of alkyl halides is 2. The standard InChI is InChI=1S/C19H16F2N4O5/c1-10-15(17(26)23-12-3-2-4-13(9-12)25(28)29)16(24-19(27)22-10)11-5-7-14(8-6-11)30-18(20)21/h2-9,16,18H,1H3,(H,23,26)(H2,22,24,27)/t16-/m0/s1. The lowest BCUT2D eigenvalue weighted by atomic mass is 9.94. The molecule has 3 amide bonds. The second-order valence-corrected chi connectivity index (χ2v) is 6.28. The minimum absolute atomic E-state index is 0.0719. The molecule has 0 unspecified atom stereocenters. The van der Waals surface area contributed by atoms with Crippen molar-refractivity contribution in [1.82, 2.24) is 10.6 Å². The van der Waals surface area contributed by atoms with Crippen molar-refractivity contribution in [3.8, 4) is 5.75 Å². The quantitative estimate of drug-likeness (QED) is 0.490. The van der Waals surface area contributed by atoms with Gasteiger partial charge in [-0.15, -0.1) is 0 Å². The number of carbonyl (C=O) groups is 2. The molecule has 0 radical (unpaired) electrons. The van der Waals surface area contributed by atoms with Crippen molar-refractivity contribution in [2.75, 3.05) is 5.32 Å². The van der Waals surface area contributed by atoms with E-state index in [2.05, 4.69) is 20.7 Å². The number of anilines is 1. The van der Waals surface area contributed by atoms with Gasteiger partial charge >= 0.3 is 12.6 Å². The summed E-state index contributed by atoms with van der Waals surface area (Å²) >= 11 is 0. The summed E-state index contributed by atoms with van der Waals surface area (Å²) in [5, 5.41) is 18.6. The molecule has 2 aromatic carbocycles. The molecule has 0 bridgehead atoms. The average Bonchev–Trinajstić information content (AvgIpc) is 2.67. The highest BCUT2D eigenvalue weighted by molar-refractivity contribution is 6.06. The normalized spacial score (nSPS) is 16.0. The lowest BCUT2D eigenvalue weighted by Crippen LogP contribution is -2.45. The summed E-state index contributed by atoms with van der Waals surface area (Å²) in [6, 6.07) is 9.46. The van der Waals surface area contributed by atoms with Crippen LogP contribution in [0.15, 0.2) is 59.8 Å². The van der Waals surface area contributed by atoms with Crippen LogP contribution in [-0.2, 0) is 4.79 Å². The zero-order chi connectivity index (χ0) is 21.8. The number of amides is 3. The Morgan fingerprint density at radius 3 is 2.57 bits per heavy atom. The summed E-state index contributed by atoms with van der Waals surface area (Å²) < 4.78 is 29.0. The number of nitrogens with one attached hydrogen (secondary N) is 3. The van der Waals surface area contributed by atoms with Crippen molar-refractivity contribution in [3.63, 3.8) is 0 Å². The smallest absolute Gasteiger partial charge is 0.387 e. The molecule has 0 saturated heterocycles. The van der Waals surface area contributed by atoms with Crippen LogP contribution in [0.3, 0.4) is 0 Å². The maximum absolute atomic E-state index is 12.9. The van der Waals surface area contributed by atoms with Gasteiger partial charge in [-0.3, -0.25) is 14.9 Å². The van der Waals surface area contributed by atoms with Gasteiger partial charge in [0.05, 0.1) is 16.5 Å². The molecule has 0 spiro atoms. The highest BCUT2D eigenvalue weighted by Gasteiger charge is 2.31. The number of urea groups is 1. The molecule has 11 heteroatoms. The molecule has 1 aliphatic rings. The zero-order valence-electron chi connectivity index (χ0n) is 15.5. The van der Waals surface area contributed by atoms with E-state index in [1.807, 2.05) is 0 Å². The first kappa shape index (κ1) is 20.7. The van der Waals surface area contributed by atoms with Crippen molar-refractivity contribution < 1.29 is 28.0 Å². The van der Waals surface area contributed by atoms with Crippen molar-refractivity contribution in [1.29, 1.82) is 0 Å². The minimum atomic E-state index is -2.98. The number of nitro benzene ring substituents is 1. The van der Waals surface area contributed by atoms with Crippen molar-refractivity contribution >= 4 is 23.3 Å². The predicted molar refractivity (Wildman–Crippen MR) is 102 cm³/mol. The Balaban J connectivity index is 1.89. The molecule has 3 N–H and O–H groups in total. The first-order valence-electron chi connectivity index (χ1n) is 8.63. The first-order valence-corrected chi connectivity index (χ1v) is 8.63. The largest absolute Gasteiger partial charge is 0.435 e. The molecule has 9 nitrogen and oxygen atoms in total. The number of halogens is 2. The van der Waals surface area contributed by atoms with E-state index in [1.165, 1.54) is 55.5 Å². The van der Waals surface area contributed by atoms with E-state index in [1.54, 1.807) is 0 Å². The Morgan fingerprint density at radius 1 is 1.23 bits per heavy atom. The number of non-ortho nitro benzene ring substituents is 1. The van der Waals surface area contributed by atoms with Crippen LogP contribution < -0.4 is 20.7 Å². The summed E-state index contributed by atoms with van der Waals surface area (Å²) in [5.41, 5.74) is 0.892. The monoisotopic (exact) mass is 418 g/mol. The van der Waals surface area contributed by atoms with E-state index < -0.39 is 29.5 Å². The van der Waals surface area contributed by atoms with Crippen LogP contribution in [0.25, 0.3) is 0 Å². The second-order valence-electron chi connectivity index (χ2n) is 6.28. The number of allylic oxidation sites excluding steroid dienone is 1. The first-order chi connectivity index (χ1) is 14.2. The van der Waals surface area contributed by atoms with Crippen molar-refractivity contribution in [2.45, 2.75) is 19.6 Å². The van der Waals surface area contributed by atoms with Crippen molar-refractivity contribution in [3.05, 3.63) is 75.5 Å². The lowest BCUT2D eigenvalue weighted by molar-refractivity contribution is -0.384. The van der Waals surface area contributed by atoms with Gasteiger partial charge in [0.2, 0.25) is 0 Å².